The van der Waals surface area contributed by atoms with Crippen molar-refractivity contribution in [3.63, 3.8) is 0 Å². The van der Waals surface area contributed by atoms with Gasteiger partial charge in [-0.25, -0.2) is 0 Å². The maximum Gasteiger partial charge on any atom is 0.230 e. The van der Waals surface area contributed by atoms with E-state index in [1.807, 2.05) is 0 Å². The first kappa shape index (κ1) is 38.0. The van der Waals surface area contributed by atoms with Gasteiger partial charge < -0.3 is 35.7 Å². The standard InChI is InChI=1S/C11H19Br2NO4.C6H16N2O2.C2H2Br2O/c12-8-10(15)2-1-4-17-6-7-18-5-3-14-11(16)9-13;7-1-3-9-5-6-10-4-2-8;3-1-2(4)5/h1-9H2,(H,14,16);1-8H2;1H2. The molecule has 0 unspecified atom stereocenters. The highest BCUT2D eigenvalue weighted by molar-refractivity contribution is 9.19. The Bertz CT molecular complexity index is 422. The predicted octanol–water partition coefficient (Wildman–Crippen LogP) is 1.51. The van der Waals surface area contributed by atoms with E-state index in [0.717, 1.165) is 6.42 Å². The molecule has 198 valence electrons. The van der Waals surface area contributed by atoms with Crippen LogP contribution in [0.3, 0.4) is 0 Å². The summed E-state index contributed by atoms with van der Waals surface area (Å²) in [5, 5.41) is 3.79. The van der Waals surface area contributed by atoms with Gasteiger partial charge in [-0.3, -0.25) is 14.4 Å². The molecule has 0 atom stereocenters. The van der Waals surface area contributed by atoms with Crippen molar-refractivity contribution in [2.24, 2.45) is 11.5 Å². The number of carbonyl (C=O) groups excluding carboxylic acids is 3. The van der Waals surface area contributed by atoms with Gasteiger partial charge in [0.2, 0.25) is 10.6 Å². The Morgan fingerprint density at radius 2 is 1.12 bits per heavy atom. The highest BCUT2D eigenvalue weighted by Crippen LogP contribution is 1.95. The Labute approximate surface area is 230 Å². The van der Waals surface area contributed by atoms with Crippen LogP contribution < -0.4 is 16.8 Å². The van der Waals surface area contributed by atoms with Crippen molar-refractivity contribution < 1.29 is 33.3 Å². The number of carbonyl (C=O) groups is 3. The Balaban J connectivity index is -0.000000500. The lowest BCUT2D eigenvalue weighted by molar-refractivity contribution is -0.119. The molecule has 0 aromatic carbocycles. The summed E-state index contributed by atoms with van der Waals surface area (Å²) in [6, 6.07) is 0. The van der Waals surface area contributed by atoms with Crippen LogP contribution in [0, 0.1) is 0 Å². The van der Waals surface area contributed by atoms with E-state index in [4.69, 9.17) is 30.4 Å². The fraction of sp³-hybridized carbons (Fsp3) is 0.842. The molecule has 10 nitrogen and oxygen atoms in total. The molecule has 0 rings (SSSR count). The molecule has 0 aromatic heterocycles. The summed E-state index contributed by atoms with van der Waals surface area (Å²) in [7, 11) is 0. The van der Waals surface area contributed by atoms with Crippen molar-refractivity contribution in [3.8, 4) is 0 Å². The molecule has 14 heteroatoms. The van der Waals surface area contributed by atoms with Gasteiger partial charge in [0.25, 0.3) is 0 Å². The van der Waals surface area contributed by atoms with Crippen LogP contribution >= 0.6 is 63.7 Å². The molecule has 0 bridgehead atoms. The second-order valence-electron chi connectivity index (χ2n) is 5.78. The number of nitrogens with two attached hydrogens (primary N) is 2. The van der Waals surface area contributed by atoms with Crippen molar-refractivity contribution in [1.29, 1.82) is 0 Å². The van der Waals surface area contributed by atoms with E-state index in [-0.39, 0.29) is 16.4 Å². The number of rotatable bonds is 20. The molecule has 33 heavy (non-hydrogen) atoms. The first-order valence-electron chi connectivity index (χ1n) is 10.2. The molecule has 5 N–H and O–H groups in total. The number of ketones is 1. The number of halogens is 4. The van der Waals surface area contributed by atoms with E-state index >= 15 is 0 Å². The zero-order chi connectivity index (χ0) is 25.6. The van der Waals surface area contributed by atoms with Gasteiger partial charge in [0.05, 0.1) is 62.2 Å². The van der Waals surface area contributed by atoms with E-state index in [1.165, 1.54) is 0 Å². The third-order valence-electron chi connectivity index (χ3n) is 2.96. The number of nitrogens with one attached hydrogen (secondary N) is 1. The SMILES string of the molecule is NCCOCCOCCN.O=C(Br)CBr.O=C(CBr)CCCOCCOCCNC(=O)CBr. The topological polar surface area (TPSA) is 152 Å². The van der Waals surface area contributed by atoms with Crippen LogP contribution in [-0.4, -0.2) is 105 Å². The molecule has 0 aliphatic heterocycles. The monoisotopic (exact) mass is 735 g/mol. The minimum absolute atomic E-state index is 0.0162. The summed E-state index contributed by atoms with van der Waals surface area (Å²) >= 11 is 11.8. The molecule has 0 radical (unpaired) electrons. The molecule has 0 saturated carbocycles. The highest BCUT2D eigenvalue weighted by atomic mass is 79.9. The fourth-order valence-electron chi connectivity index (χ4n) is 1.56. The minimum atomic E-state index is -0.0497. The zero-order valence-corrected chi connectivity index (χ0v) is 25.2. The smallest absolute Gasteiger partial charge is 0.230 e. The molecule has 1 amide bonds. The van der Waals surface area contributed by atoms with Crippen molar-refractivity contribution in [1.82, 2.24) is 5.32 Å². The molecule has 0 spiro atoms. The van der Waals surface area contributed by atoms with Crippen LogP contribution in [0.25, 0.3) is 0 Å². The van der Waals surface area contributed by atoms with Crippen molar-refractivity contribution >= 4 is 80.1 Å². The maximum atomic E-state index is 10.9. The van der Waals surface area contributed by atoms with Crippen LogP contribution in [0.2, 0.25) is 0 Å². The van der Waals surface area contributed by atoms with Crippen LogP contribution in [0.1, 0.15) is 12.8 Å². The normalized spacial score (nSPS) is 9.88. The van der Waals surface area contributed by atoms with Gasteiger partial charge in [-0.15, -0.1) is 0 Å². The van der Waals surface area contributed by atoms with E-state index in [1.54, 1.807) is 0 Å². The summed E-state index contributed by atoms with van der Waals surface area (Å²) in [6.45, 7) is 6.11. The Hall–Kier alpha value is 0.490. The van der Waals surface area contributed by atoms with E-state index in [9.17, 15) is 14.4 Å². The minimum Gasteiger partial charge on any atom is -0.379 e. The summed E-state index contributed by atoms with van der Waals surface area (Å²) in [6.07, 6.45) is 1.29. The van der Waals surface area contributed by atoms with Gasteiger partial charge in [-0.05, 0) is 22.4 Å². The number of amides is 1. The van der Waals surface area contributed by atoms with Gasteiger partial charge in [0.1, 0.15) is 5.78 Å². The molecular formula is C19H37Br4N3O7. The Kier molecular flexibility index (Phi) is 39.9. The number of alkyl halides is 3. The van der Waals surface area contributed by atoms with Crippen LogP contribution in [-0.2, 0) is 33.3 Å². The van der Waals surface area contributed by atoms with Crippen molar-refractivity contribution in [2.45, 2.75) is 12.8 Å². The first-order chi connectivity index (χ1) is 15.9. The van der Waals surface area contributed by atoms with Gasteiger partial charge in [-0.1, -0.05) is 47.8 Å². The molecular weight excluding hydrogens is 702 g/mol. The summed E-state index contributed by atoms with van der Waals surface area (Å²) in [4.78, 5) is 31.4. The van der Waals surface area contributed by atoms with Crippen LogP contribution in [0.15, 0.2) is 0 Å². The van der Waals surface area contributed by atoms with E-state index < -0.39 is 0 Å². The number of ether oxygens (including phenoxy) is 4. The predicted molar refractivity (Wildman–Crippen MR) is 144 cm³/mol. The summed E-state index contributed by atoms with van der Waals surface area (Å²) in [5.41, 5.74) is 10.4. The van der Waals surface area contributed by atoms with Crippen LogP contribution in [0.5, 0.6) is 0 Å². The summed E-state index contributed by atoms with van der Waals surface area (Å²) in [5.74, 6) is 0.142. The summed E-state index contributed by atoms with van der Waals surface area (Å²) < 4.78 is 20.6. The molecule has 0 aliphatic carbocycles. The van der Waals surface area contributed by atoms with Gasteiger partial charge in [0, 0.05) is 32.7 Å². The second-order valence-corrected chi connectivity index (χ2v) is 8.34. The van der Waals surface area contributed by atoms with Crippen molar-refractivity contribution in [3.05, 3.63) is 0 Å². The average molecular weight is 739 g/mol. The quantitative estimate of drug-likeness (QED) is 0.0960. The highest BCUT2D eigenvalue weighted by Gasteiger charge is 1.99. The van der Waals surface area contributed by atoms with E-state index in [2.05, 4.69) is 69.0 Å². The van der Waals surface area contributed by atoms with Crippen LogP contribution in [0.4, 0.5) is 0 Å². The second kappa shape index (κ2) is 34.7. The van der Waals surface area contributed by atoms with Gasteiger partial charge in [-0.2, -0.15) is 0 Å². The lowest BCUT2D eigenvalue weighted by Crippen LogP contribution is -2.28. The third-order valence-corrected chi connectivity index (χ3v) is 5.63. The molecule has 0 fully saturated rings. The first-order valence-corrected chi connectivity index (χ1v) is 14.4. The Morgan fingerprint density at radius 1 is 0.667 bits per heavy atom. The number of hydrogen-bond donors (Lipinski definition) is 3. The van der Waals surface area contributed by atoms with Gasteiger partial charge in [0.15, 0.2) is 0 Å². The molecule has 0 aliphatic rings. The lowest BCUT2D eigenvalue weighted by atomic mass is 10.2. The fourth-order valence-corrected chi connectivity index (χ4v) is 2.04. The molecule has 0 aromatic rings. The molecule has 0 saturated heterocycles. The van der Waals surface area contributed by atoms with Gasteiger partial charge >= 0.3 is 0 Å². The third kappa shape index (κ3) is 43.0. The van der Waals surface area contributed by atoms with E-state index in [0.29, 0.717) is 94.9 Å². The number of hydrogen-bond acceptors (Lipinski definition) is 9. The average Bonchev–Trinajstić information content (AvgIpc) is 2.82. The Morgan fingerprint density at radius 3 is 1.52 bits per heavy atom. The molecule has 0 heterocycles. The van der Waals surface area contributed by atoms with Crippen molar-refractivity contribution in [2.75, 3.05) is 88.5 Å². The largest absolute Gasteiger partial charge is 0.379 e. The maximum absolute atomic E-state index is 10.9. The zero-order valence-electron chi connectivity index (χ0n) is 18.8. The number of Topliss-reactive ketones (excluding diaryl/α,β-unsaturated/α-hetero) is 1. The lowest BCUT2D eigenvalue weighted by Gasteiger charge is -2.06.